The number of fused-ring (bicyclic) bond motifs is 5. The molecule has 4 nitrogen and oxygen atoms in total. The van der Waals surface area contributed by atoms with Crippen LogP contribution in [0.15, 0.2) is 181 Å². The number of para-hydroxylation sites is 3. The fraction of sp³-hybridized carbons (Fsp3) is 0.111. The summed E-state index contributed by atoms with van der Waals surface area (Å²) < 4.78 is 16.2. The van der Waals surface area contributed by atoms with Gasteiger partial charge >= 0.3 is 0 Å². The van der Waals surface area contributed by atoms with Gasteiger partial charge in [-0.25, -0.2) is 0 Å². The summed E-state index contributed by atoms with van der Waals surface area (Å²) in [5.74, 6) is 2.97. The van der Waals surface area contributed by atoms with E-state index < -0.39 is 0 Å². The molecule has 6 heterocycles. The molecule has 0 fully saturated rings. The third-order valence-corrected chi connectivity index (χ3v) is 8.74. The standard InChI is InChI=1S/C13H10O.C9H9N.2C9H8O.C5H6S/c1-3-7-12-10(5-1)9-11-6-2-4-8-13(11)14-12;1-3-7-10-8-4-2-6-9(10)5-1;1-2-6-9-8(4-1)5-3-7-10-9;1-2-4-9-7-10-6-5-8(9)3-1;1-2-4-6-5-3-1/h1-8H,9H2;1-7H,8H2;2*1-6H,7H2;2-5H,1H2. The van der Waals surface area contributed by atoms with Gasteiger partial charge in [-0.15, -0.1) is 11.8 Å². The minimum Gasteiger partial charge on any atom is -0.496 e. The molecule has 6 aliphatic heterocycles. The van der Waals surface area contributed by atoms with Crippen molar-refractivity contribution in [3.63, 3.8) is 0 Å². The van der Waals surface area contributed by atoms with E-state index in [0.717, 1.165) is 36.6 Å². The predicted octanol–water partition coefficient (Wildman–Crippen LogP) is 11.6. The van der Waals surface area contributed by atoms with E-state index in [1.165, 1.54) is 33.5 Å². The molecular weight excluding hydrogens is 635 g/mol. The average Bonchev–Trinajstić information content (AvgIpc) is 3.22. The zero-order valence-corrected chi connectivity index (χ0v) is 28.8. The Hall–Kier alpha value is -5.65. The molecule has 0 aromatic heterocycles. The Labute approximate surface area is 300 Å². The molecule has 4 aromatic rings. The Bertz CT molecular complexity index is 1800. The van der Waals surface area contributed by atoms with Gasteiger partial charge < -0.3 is 19.1 Å². The van der Waals surface area contributed by atoms with Crippen molar-refractivity contribution < 1.29 is 14.2 Å². The first-order valence-corrected chi connectivity index (χ1v) is 17.8. The SMILES string of the molecule is C1=CCN2C=CC=CC2=C1.C1=CSC=CC1.C1=Cc2ccccc2CO1.C1=Cc2ccccc2OC1.c1ccc2c(c1)Cc1ccccc1O2. The second-order valence-corrected chi connectivity index (χ2v) is 12.4. The van der Waals surface area contributed by atoms with Gasteiger partial charge in [-0.05, 0) is 88.1 Å². The van der Waals surface area contributed by atoms with Crippen LogP contribution in [0.1, 0.15) is 34.2 Å². The van der Waals surface area contributed by atoms with Crippen molar-refractivity contribution in [3.8, 4) is 17.2 Å². The number of allylic oxidation sites excluding steroid dienone is 7. The lowest BCUT2D eigenvalue weighted by Crippen LogP contribution is -2.18. The number of benzene rings is 4. The molecule has 0 aliphatic carbocycles. The van der Waals surface area contributed by atoms with Crippen LogP contribution < -0.4 is 9.47 Å². The molecule has 0 N–H and O–H groups in total. The van der Waals surface area contributed by atoms with E-state index in [2.05, 4.69) is 113 Å². The molecule has 0 bridgehead atoms. The molecule has 0 saturated carbocycles. The molecule has 0 spiro atoms. The first kappa shape index (κ1) is 34.2. The zero-order chi connectivity index (χ0) is 34.1. The fourth-order valence-electron chi connectivity index (χ4n) is 5.47. The molecule has 0 saturated heterocycles. The van der Waals surface area contributed by atoms with Crippen molar-refractivity contribution in [2.24, 2.45) is 0 Å². The Morgan fingerprint density at radius 2 is 1.26 bits per heavy atom. The lowest BCUT2D eigenvalue weighted by molar-refractivity contribution is 0.234. The van der Waals surface area contributed by atoms with Crippen LogP contribution in [0.3, 0.4) is 0 Å². The molecule has 50 heavy (non-hydrogen) atoms. The number of rotatable bonds is 0. The zero-order valence-electron chi connectivity index (χ0n) is 28.0. The number of hydrogen-bond donors (Lipinski definition) is 0. The lowest BCUT2D eigenvalue weighted by atomic mass is 10.0. The van der Waals surface area contributed by atoms with Crippen LogP contribution in [-0.2, 0) is 17.8 Å². The third kappa shape index (κ3) is 10.2. The van der Waals surface area contributed by atoms with Gasteiger partial charge in [0.1, 0.15) is 30.5 Å². The van der Waals surface area contributed by atoms with Crippen LogP contribution in [-0.4, -0.2) is 18.1 Å². The number of thioether (sulfide) groups is 1. The van der Waals surface area contributed by atoms with Crippen molar-refractivity contribution in [3.05, 3.63) is 209 Å². The highest BCUT2D eigenvalue weighted by atomic mass is 32.2. The van der Waals surface area contributed by atoms with Crippen LogP contribution in [0.4, 0.5) is 0 Å². The van der Waals surface area contributed by atoms with Crippen LogP contribution in [0.2, 0.25) is 0 Å². The molecule has 5 heteroatoms. The fourth-order valence-corrected chi connectivity index (χ4v) is 6.00. The van der Waals surface area contributed by atoms with Gasteiger partial charge in [-0.2, -0.15) is 0 Å². The van der Waals surface area contributed by atoms with E-state index >= 15 is 0 Å². The maximum atomic E-state index is 5.78. The van der Waals surface area contributed by atoms with E-state index in [0.29, 0.717) is 13.2 Å². The number of ether oxygens (including phenoxy) is 3. The van der Waals surface area contributed by atoms with Gasteiger partial charge in [-0.1, -0.05) is 115 Å². The van der Waals surface area contributed by atoms with Crippen LogP contribution >= 0.6 is 11.8 Å². The Morgan fingerprint density at radius 1 is 0.580 bits per heavy atom. The summed E-state index contributed by atoms with van der Waals surface area (Å²) in [5, 5.41) is 4.19. The van der Waals surface area contributed by atoms with Crippen LogP contribution in [0.5, 0.6) is 17.2 Å². The smallest absolute Gasteiger partial charge is 0.130 e. The summed E-state index contributed by atoms with van der Waals surface area (Å²) in [4.78, 5) is 2.21. The van der Waals surface area contributed by atoms with E-state index in [4.69, 9.17) is 14.2 Å². The third-order valence-electron chi connectivity index (χ3n) is 8.04. The monoisotopic (exact) mass is 675 g/mol. The van der Waals surface area contributed by atoms with Gasteiger partial charge in [0.15, 0.2) is 0 Å². The number of nitrogens with zero attached hydrogens (tertiary/aromatic N) is 1. The van der Waals surface area contributed by atoms with Gasteiger partial charge in [0, 0.05) is 30.4 Å². The molecule has 6 aliphatic rings. The van der Waals surface area contributed by atoms with Gasteiger partial charge in [0.05, 0.1) is 6.26 Å². The second kappa shape index (κ2) is 18.8. The van der Waals surface area contributed by atoms with E-state index in [1.807, 2.05) is 72.8 Å². The van der Waals surface area contributed by atoms with Gasteiger partial charge in [-0.3, -0.25) is 0 Å². The topological polar surface area (TPSA) is 30.9 Å². The highest BCUT2D eigenvalue weighted by molar-refractivity contribution is 8.04. The van der Waals surface area contributed by atoms with E-state index in [-0.39, 0.29) is 0 Å². The average molecular weight is 676 g/mol. The molecule has 250 valence electrons. The maximum Gasteiger partial charge on any atom is 0.130 e. The molecule has 0 amide bonds. The normalized spacial score (nSPS) is 15.5. The van der Waals surface area contributed by atoms with Crippen molar-refractivity contribution in [1.29, 1.82) is 0 Å². The summed E-state index contributed by atoms with van der Waals surface area (Å²) in [6.45, 7) is 2.43. The Kier molecular flexibility index (Phi) is 12.9. The van der Waals surface area contributed by atoms with Gasteiger partial charge in [0.2, 0.25) is 0 Å². The molecule has 0 radical (unpaired) electrons. The predicted molar refractivity (Wildman–Crippen MR) is 210 cm³/mol. The van der Waals surface area contributed by atoms with E-state index in [1.54, 1.807) is 18.0 Å². The highest BCUT2D eigenvalue weighted by Crippen LogP contribution is 2.35. The highest BCUT2D eigenvalue weighted by Gasteiger charge is 2.14. The van der Waals surface area contributed by atoms with Crippen LogP contribution in [0.25, 0.3) is 12.2 Å². The van der Waals surface area contributed by atoms with Crippen molar-refractivity contribution >= 4 is 23.9 Å². The molecule has 0 atom stereocenters. The summed E-state index contributed by atoms with van der Waals surface area (Å²) in [5.41, 5.74) is 7.54. The molecular formula is C45H41NO3S. The summed E-state index contributed by atoms with van der Waals surface area (Å²) in [7, 11) is 0. The maximum absolute atomic E-state index is 5.78. The summed E-state index contributed by atoms with van der Waals surface area (Å²) in [6.07, 6.45) is 28.9. The van der Waals surface area contributed by atoms with Crippen molar-refractivity contribution in [2.45, 2.75) is 19.4 Å². The lowest BCUT2D eigenvalue weighted by Gasteiger charge is -2.23. The first-order valence-electron chi connectivity index (χ1n) is 16.9. The Morgan fingerprint density at radius 3 is 1.92 bits per heavy atom. The van der Waals surface area contributed by atoms with Gasteiger partial charge in [0.25, 0.3) is 0 Å². The minimum absolute atomic E-state index is 0.705. The molecule has 10 rings (SSSR count). The van der Waals surface area contributed by atoms with Crippen molar-refractivity contribution in [1.82, 2.24) is 4.90 Å². The molecule has 0 unspecified atom stereocenters. The quantitative estimate of drug-likeness (QED) is 0.163. The first-order chi connectivity index (χ1) is 24.8. The molecule has 4 aromatic carbocycles. The number of hydrogen-bond acceptors (Lipinski definition) is 5. The largest absolute Gasteiger partial charge is 0.496 e. The minimum atomic E-state index is 0.705. The Balaban J connectivity index is 0.000000110. The second-order valence-electron chi connectivity index (χ2n) is 11.5. The summed E-state index contributed by atoms with van der Waals surface area (Å²) in [6, 6.07) is 32.7. The summed E-state index contributed by atoms with van der Waals surface area (Å²) >= 11 is 1.73. The van der Waals surface area contributed by atoms with Crippen LogP contribution in [0, 0.1) is 0 Å². The van der Waals surface area contributed by atoms with Crippen molar-refractivity contribution in [2.75, 3.05) is 13.2 Å². The van der Waals surface area contributed by atoms with E-state index in [9.17, 15) is 0 Å².